The molecule has 6 rings (SSSR count). The summed E-state index contributed by atoms with van der Waals surface area (Å²) in [6.07, 6.45) is 7.80. The average Bonchev–Trinajstić information content (AvgIpc) is 3.35. The zero-order valence-corrected chi connectivity index (χ0v) is 22.3. The van der Waals surface area contributed by atoms with Gasteiger partial charge in [0.2, 0.25) is 5.66 Å². The van der Waals surface area contributed by atoms with Gasteiger partial charge in [0.25, 0.3) is 11.7 Å². The van der Waals surface area contributed by atoms with Crippen molar-refractivity contribution >= 4 is 35.1 Å². The summed E-state index contributed by atoms with van der Waals surface area (Å²) >= 11 is 0. The number of ketones is 1. The number of hydrogen-bond acceptors (Lipinski definition) is 6. The Morgan fingerprint density at radius 1 is 0.750 bits per heavy atom. The number of hydrogen-bond donors (Lipinski definition) is 2. The third-order valence-electron chi connectivity index (χ3n) is 8.86. The van der Waals surface area contributed by atoms with E-state index in [0.717, 1.165) is 43.4 Å². The molecule has 2 saturated heterocycles. The molecule has 9 nitrogen and oxygen atoms in total. The molecule has 2 aliphatic heterocycles. The lowest BCUT2D eigenvalue weighted by atomic mass is 9.87. The van der Waals surface area contributed by atoms with Gasteiger partial charge in [-0.2, -0.15) is 0 Å². The van der Waals surface area contributed by atoms with Gasteiger partial charge in [0, 0.05) is 17.6 Å². The first-order valence-electron chi connectivity index (χ1n) is 14.2. The Balaban J connectivity index is 1.67. The molecule has 2 aliphatic carbocycles. The molecule has 0 bridgehead atoms. The molecule has 2 aromatic rings. The standard InChI is InChI=1S/C31H33N3O6/c35-24-19-11-10-18-23(24)34-28(38)27(37)25(26(36)20-12-4-1-5-13-20)31(34)29(39)32(21-14-6-2-7-15-21)30(40)33(31)22-16-8-3-9-17-22/h1,4-5,10-13,18-19,21-22,35-36H,2-3,6-9,14-17H2/b26-25-. The molecule has 0 radical (unpaired) electrons. The third-order valence-corrected chi connectivity index (χ3v) is 8.86. The first kappa shape index (κ1) is 26.1. The Morgan fingerprint density at radius 3 is 1.95 bits per heavy atom. The Morgan fingerprint density at radius 2 is 1.32 bits per heavy atom. The van der Waals surface area contributed by atoms with Gasteiger partial charge >= 0.3 is 11.9 Å². The van der Waals surface area contributed by atoms with Gasteiger partial charge in [-0.3, -0.25) is 29.1 Å². The van der Waals surface area contributed by atoms with Crippen LogP contribution in [0.5, 0.6) is 5.75 Å². The van der Waals surface area contributed by atoms with Gasteiger partial charge in [0.05, 0.1) is 5.69 Å². The second-order valence-electron chi connectivity index (χ2n) is 11.1. The number of phenols is 1. The zero-order valence-electron chi connectivity index (χ0n) is 22.3. The number of urea groups is 1. The predicted molar refractivity (Wildman–Crippen MR) is 147 cm³/mol. The number of amides is 4. The van der Waals surface area contributed by atoms with E-state index in [4.69, 9.17) is 0 Å². The van der Waals surface area contributed by atoms with Crippen LogP contribution in [0.2, 0.25) is 0 Å². The van der Waals surface area contributed by atoms with E-state index in [0.29, 0.717) is 25.7 Å². The average molecular weight is 544 g/mol. The fourth-order valence-corrected chi connectivity index (χ4v) is 7.04. The van der Waals surface area contributed by atoms with Crippen molar-refractivity contribution in [3.8, 4) is 5.75 Å². The van der Waals surface area contributed by atoms with E-state index in [-0.39, 0.29) is 23.0 Å². The second-order valence-corrected chi connectivity index (χ2v) is 11.1. The van der Waals surface area contributed by atoms with E-state index in [1.165, 1.54) is 21.9 Å². The number of carbonyl (C=O) groups is 4. The van der Waals surface area contributed by atoms with Crippen LogP contribution in [0.1, 0.15) is 69.8 Å². The van der Waals surface area contributed by atoms with Crippen molar-refractivity contribution in [2.24, 2.45) is 0 Å². The summed E-state index contributed by atoms with van der Waals surface area (Å²) in [7, 11) is 0. The normalized spacial score (nSPS) is 25.9. The largest absolute Gasteiger partial charge is 0.507 e. The van der Waals surface area contributed by atoms with Gasteiger partial charge < -0.3 is 10.2 Å². The van der Waals surface area contributed by atoms with Crippen LogP contribution in [0.4, 0.5) is 10.5 Å². The number of aliphatic hydroxyl groups excluding tert-OH is 1. The van der Waals surface area contributed by atoms with Crippen molar-refractivity contribution in [1.29, 1.82) is 0 Å². The fraction of sp³-hybridized carbons (Fsp3) is 0.419. The molecule has 208 valence electrons. The van der Waals surface area contributed by atoms with Crippen LogP contribution in [0.15, 0.2) is 60.2 Å². The van der Waals surface area contributed by atoms with Crippen molar-refractivity contribution in [2.45, 2.75) is 82.0 Å². The molecule has 4 amide bonds. The van der Waals surface area contributed by atoms with E-state index >= 15 is 0 Å². The summed E-state index contributed by atoms with van der Waals surface area (Å²) in [5, 5.41) is 22.6. The summed E-state index contributed by atoms with van der Waals surface area (Å²) < 4.78 is 0. The second kappa shape index (κ2) is 10.1. The summed E-state index contributed by atoms with van der Waals surface area (Å²) in [6, 6.07) is 12.9. The summed E-state index contributed by atoms with van der Waals surface area (Å²) in [5.74, 6) is -3.72. The predicted octanol–water partition coefficient (Wildman–Crippen LogP) is 4.90. The molecule has 2 aromatic carbocycles. The molecule has 1 unspecified atom stereocenters. The van der Waals surface area contributed by atoms with Crippen molar-refractivity contribution < 1.29 is 29.4 Å². The lowest BCUT2D eigenvalue weighted by Gasteiger charge is -2.44. The number of para-hydroxylation sites is 2. The minimum atomic E-state index is -2.26. The van der Waals surface area contributed by atoms with Crippen LogP contribution in [-0.2, 0) is 14.4 Å². The summed E-state index contributed by atoms with van der Waals surface area (Å²) in [5.41, 5.74) is -2.51. The molecule has 2 N–H and O–H groups in total. The molecule has 1 spiro atoms. The van der Waals surface area contributed by atoms with Gasteiger partial charge in [0.1, 0.15) is 17.1 Å². The van der Waals surface area contributed by atoms with E-state index < -0.39 is 46.7 Å². The van der Waals surface area contributed by atoms with Crippen LogP contribution < -0.4 is 4.90 Å². The topological polar surface area (TPSA) is 118 Å². The fourth-order valence-electron chi connectivity index (χ4n) is 7.04. The maximum atomic E-state index is 14.9. The molecular weight excluding hydrogens is 510 g/mol. The number of aromatic hydroxyl groups is 1. The smallest absolute Gasteiger partial charge is 0.329 e. The first-order valence-corrected chi connectivity index (χ1v) is 14.2. The van der Waals surface area contributed by atoms with Gasteiger partial charge in [-0.15, -0.1) is 0 Å². The molecule has 9 heteroatoms. The van der Waals surface area contributed by atoms with E-state index in [9.17, 15) is 29.4 Å². The van der Waals surface area contributed by atoms with Crippen LogP contribution in [0.25, 0.3) is 5.76 Å². The van der Waals surface area contributed by atoms with Crippen LogP contribution >= 0.6 is 0 Å². The maximum Gasteiger partial charge on any atom is 0.329 e. The minimum Gasteiger partial charge on any atom is -0.507 e. The number of imide groups is 1. The highest BCUT2D eigenvalue weighted by Crippen LogP contribution is 2.52. The number of anilines is 1. The Hall–Kier alpha value is -4.14. The number of benzene rings is 2. The van der Waals surface area contributed by atoms with Gasteiger partial charge in [-0.05, 0) is 37.8 Å². The molecule has 2 saturated carbocycles. The zero-order chi connectivity index (χ0) is 28.0. The van der Waals surface area contributed by atoms with E-state index in [1.54, 1.807) is 42.5 Å². The van der Waals surface area contributed by atoms with Crippen LogP contribution in [0.3, 0.4) is 0 Å². The van der Waals surface area contributed by atoms with Gasteiger partial charge in [-0.1, -0.05) is 81.0 Å². The Labute approximate surface area is 232 Å². The lowest BCUT2D eigenvalue weighted by molar-refractivity contribution is -0.135. The van der Waals surface area contributed by atoms with Crippen LogP contribution in [0, 0.1) is 0 Å². The Kier molecular flexibility index (Phi) is 6.60. The van der Waals surface area contributed by atoms with Crippen molar-refractivity contribution in [3.05, 3.63) is 65.7 Å². The summed E-state index contributed by atoms with van der Waals surface area (Å²) in [6.45, 7) is 0. The SMILES string of the molecule is O=C1C(=O)N(c2ccccc2O)C2(C(=O)N(C3CCCCC3)C(=O)N2C2CCCCC2)/C1=C(\O)c1ccccc1. The lowest BCUT2D eigenvalue weighted by Crippen LogP contribution is -2.64. The van der Waals surface area contributed by atoms with E-state index in [2.05, 4.69) is 0 Å². The number of Topliss-reactive ketones (excluding diaryl/α,β-unsaturated/α-hetero) is 1. The highest BCUT2D eigenvalue weighted by Gasteiger charge is 2.73. The first-order chi connectivity index (χ1) is 19.4. The molecule has 4 fully saturated rings. The molecule has 1 atom stereocenters. The Bertz CT molecular complexity index is 1390. The number of aliphatic hydroxyl groups is 1. The van der Waals surface area contributed by atoms with Gasteiger partial charge in [-0.25, -0.2) is 4.79 Å². The number of rotatable bonds is 4. The van der Waals surface area contributed by atoms with Gasteiger partial charge in [0.15, 0.2) is 0 Å². The van der Waals surface area contributed by atoms with Crippen LogP contribution in [-0.4, -0.2) is 61.4 Å². The van der Waals surface area contributed by atoms with Crippen molar-refractivity contribution in [2.75, 3.05) is 4.90 Å². The van der Waals surface area contributed by atoms with Crippen molar-refractivity contribution in [1.82, 2.24) is 9.80 Å². The highest BCUT2D eigenvalue weighted by atomic mass is 16.3. The number of nitrogens with zero attached hydrogens (tertiary/aromatic N) is 3. The molecule has 40 heavy (non-hydrogen) atoms. The monoisotopic (exact) mass is 543 g/mol. The highest BCUT2D eigenvalue weighted by molar-refractivity contribution is 6.55. The minimum absolute atomic E-state index is 0.0656. The molecule has 0 aromatic heterocycles. The maximum absolute atomic E-state index is 14.9. The number of carbonyl (C=O) groups excluding carboxylic acids is 4. The quantitative estimate of drug-likeness (QED) is 0.245. The van der Waals surface area contributed by atoms with Crippen molar-refractivity contribution in [3.63, 3.8) is 0 Å². The molecule has 4 aliphatic rings. The summed E-state index contributed by atoms with van der Waals surface area (Å²) in [4.78, 5) is 60.9. The van der Waals surface area contributed by atoms with E-state index in [1.807, 2.05) is 0 Å². The molecular formula is C31H33N3O6. The molecule has 2 heterocycles. The third kappa shape index (κ3) is 3.74. The number of phenolic OH excluding ortho intramolecular Hbond substituents is 1.